The van der Waals surface area contributed by atoms with Gasteiger partial charge in [0, 0.05) is 5.56 Å². The lowest BCUT2D eigenvalue weighted by Gasteiger charge is -2.33. The number of likely N-dealkylation sites (N-methyl/N-ethyl adjacent to an activating group) is 1. The molecular formula is C34H48BrNO3. The van der Waals surface area contributed by atoms with Gasteiger partial charge in [-0.3, -0.25) is 0 Å². The molecule has 0 aliphatic rings. The molecule has 3 aromatic rings. The molecule has 0 unspecified atom stereocenters. The molecular weight excluding hydrogens is 550 g/mol. The molecule has 3 rings (SSSR count). The molecule has 0 amide bonds. The van der Waals surface area contributed by atoms with Crippen LogP contribution in [0.5, 0.6) is 11.5 Å². The van der Waals surface area contributed by atoms with Gasteiger partial charge in [0.25, 0.3) is 0 Å². The summed E-state index contributed by atoms with van der Waals surface area (Å²) in [6.07, 6.45) is 1.14. The minimum atomic E-state index is 0. The minimum absolute atomic E-state index is 0. The number of benzene rings is 3. The fraction of sp³-hybridized carbons (Fsp3) is 0.471. The Hall–Kier alpha value is -2.34. The van der Waals surface area contributed by atoms with E-state index in [1.165, 1.54) is 16.7 Å². The number of halogens is 1. The zero-order valence-corrected chi connectivity index (χ0v) is 26.6. The Bertz CT molecular complexity index is 1090. The van der Waals surface area contributed by atoms with Crippen molar-refractivity contribution < 1.29 is 35.7 Å². The summed E-state index contributed by atoms with van der Waals surface area (Å²) in [6.45, 7) is 15.8. The molecule has 214 valence electrons. The molecule has 0 N–H and O–H groups in total. The normalized spacial score (nSPS) is 12.1. The predicted molar refractivity (Wildman–Crippen MR) is 158 cm³/mol. The molecule has 0 aromatic heterocycles. The molecule has 0 saturated carbocycles. The lowest BCUT2D eigenvalue weighted by Crippen LogP contribution is -3.00. The molecule has 3 aromatic carbocycles. The van der Waals surface area contributed by atoms with Gasteiger partial charge in [0.1, 0.15) is 37.8 Å². The van der Waals surface area contributed by atoms with E-state index in [0.29, 0.717) is 31.8 Å². The highest BCUT2D eigenvalue weighted by molar-refractivity contribution is 5.32. The molecule has 0 bridgehead atoms. The average molecular weight is 599 g/mol. The summed E-state index contributed by atoms with van der Waals surface area (Å²) in [7, 11) is 4.49. The van der Waals surface area contributed by atoms with Crippen LogP contribution in [0.3, 0.4) is 0 Å². The third kappa shape index (κ3) is 12.2. The van der Waals surface area contributed by atoms with Crippen molar-refractivity contribution in [2.24, 2.45) is 5.41 Å². The highest BCUT2D eigenvalue weighted by Gasteiger charge is 2.27. The van der Waals surface area contributed by atoms with Crippen LogP contribution in [0.25, 0.3) is 0 Å². The minimum Gasteiger partial charge on any atom is -1.00 e. The van der Waals surface area contributed by atoms with Gasteiger partial charge >= 0.3 is 0 Å². The van der Waals surface area contributed by atoms with Crippen molar-refractivity contribution >= 4 is 0 Å². The highest BCUT2D eigenvalue weighted by atomic mass is 79.9. The van der Waals surface area contributed by atoms with Gasteiger partial charge in [-0.05, 0) is 64.8 Å². The smallest absolute Gasteiger partial charge is 0.137 e. The summed E-state index contributed by atoms with van der Waals surface area (Å²) in [5, 5.41) is 0. The third-order valence-corrected chi connectivity index (χ3v) is 6.72. The number of rotatable bonds is 14. The first kappa shape index (κ1) is 32.9. The first-order valence-corrected chi connectivity index (χ1v) is 13.8. The second-order valence-electron chi connectivity index (χ2n) is 12.8. The topological polar surface area (TPSA) is 27.7 Å². The largest absolute Gasteiger partial charge is 1.00 e. The Morgan fingerprint density at radius 1 is 0.641 bits per heavy atom. The molecule has 0 aliphatic carbocycles. The van der Waals surface area contributed by atoms with Crippen LogP contribution in [0.4, 0.5) is 0 Å². The molecule has 0 heterocycles. The second-order valence-corrected chi connectivity index (χ2v) is 12.8. The Balaban J connectivity index is 0.00000533. The van der Waals surface area contributed by atoms with Crippen LogP contribution >= 0.6 is 0 Å². The number of nitrogens with zero attached hydrogens (tertiary/aromatic N) is 1. The van der Waals surface area contributed by atoms with Crippen molar-refractivity contribution in [3.05, 3.63) is 95.6 Å². The molecule has 0 aliphatic heterocycles. The molecule has 0 atom stereocenters. The van der Waals surface area contributed by atoms with E-state index >= 15 is 0 Å². The zero-order valence-electron chi connectivity index (χ0n) is 25.0. The number of hydrogen-bond acceptors (Lipinski definition) is 3. The molecule has 0 fully saturated rings. The van der Waals surface area contributed by atoms with Gasteiger partial charge in [0.15, 0.2) is 0 Å². The summed E-state index contributed by atoms with van der Waals surface area (Å²) in [5.41, 5.74) is 4.27. The van der Waals surface area contributed by atoms with Gasteiger partial charge in [-0.25, -0.2) is 0 Å². The van der Waals surface area contributed by atoms with Gasteiger partial charge in [0.05, 0.1) is 27.3 Å². The van der Waals surface area contributed by atoms with Gasteiger partial charge in [0.2, 0.25) is 0 Å². The quantitative estimate of drug-likeness (QED) is 0.200. The van der Waals surface area contributed by atoms with Crippen molar-refractivity contribution in [1.29, 1.82) is 0 Å². The van der Waals surface area contributed by atoms with Gasteiger partial charge in [-0.1, -0.05) is 77.1 Å². The molecule has 5 heteroatoms. The van der Waals surface area contributed by atoms with Crippen LogP contribution in [0.15, 0.2) is 78.9 Å². The fourth-order valence-corrected chi connectivity index (χ4v) is 5.09. The van der Waals surface area contributed by atoms with Crippen LogP contribution in [-0.4, -0.2) is 44.9 Å². The average Bonchev–Trinajstić information content (AvgIpc) is 2.84. The molecule has 0 saturated heterocycles. The highest BCUT2D eigenvalue weighted by Crippen LogP contribution is 2.36. The zero-order chi connectivity index (χ0) is 27.7. The molecule has 39 heavy (non-hydrogen) atoms. The molecule has 0 radical (unpaired) electrons. The van der Waals surface area contributed by atoms with E-state index in [-0.39, 0.29) is 22.4 Å². The lowest BCUT2D eigenvalue weighted by atomic mass is 9.72. The lowest BCUT2D eigenvalue weighted by molar-refractivity contribution is -0.903. The summed E-state index contributed by atoms with van der Waals surface area (Å²) in [4.78, 5) is 0. The maximum Gasteiger partial charge on any atom is 0.137 e. The van der Waals surface area contributed by atoms with E-state index in [1.54, 1.807) is 0 Å². The SMILES string of the molecule is CC(C)(C)CC(C)(C)c1ccc(OCC[N+](C)(C)Cc2ccc(OCCOCc3ccccc3)cc2)cc1.[Br-]. The Labute approximate surface area is 247 Å². The standard InChI is InChI=1S/C34H48NO3.BrH/c1-33(2,3)27-34(4,5)30-15-19-32(20-16-30)37-22-21-35(6,7)25-28-13-17-31(18-14-28)38-24-23-36-26-29-11-9-8-10-12-29;/h8-20H,21-27H2,1-7H3;1H/q+1;/p-1. The van der Waals surface area contributed by atoms with Crippen molar-refractivity contribution in [3.63, 3.8) is 0 Å². The van der Waals surface area contributed by atoms with E-state index in [2.05, 4.69) is 97.2 Å². The van der Waals surface area contributed by atoms with Crippen LogP contribution in [-0.2, 0) is 23.3 Å². The van der Waals surface area contributed by atoms with E-state index in [4.69, 9.17) is 14.2 Å². The van der Waals surface area contributed by atoms with E-state index in [9.17, 15) is 0 Å². The van der Waals surface area contributed by atoms with E-state index in [0.717, 1.165) is 35.5 Å². The Morgan fingerprint density at radius 3 is 1.79 bits per heavy atom. The van der Waals surface area contributed by atoms with Crippen LogP contribution < -0.4 is 26.5 Å². The molecule has 0 spiro atoms. The van der Waals surface area contributed by atoms with Crippen LogP contribution in [0.2, 0.25) is 0 Å². The summed E-state index contributed by atoms with van der Waals surface area (Å²) in [6, 6.07) is 27.3. The number of quaternary nitrogens is 1. The van der Waals surface area contributed by atoms with Crippen molar-refractivity contribution in [2.45, 2.75) is 59.6 Å². The van der Waals surface area contributed by atoms with Gasteiger partial charge in [-0.2, -0.15) is 0 Å². The maximum atomic E-state index is 6.11. The summed E-state index contributed by atoms with van der Waals surface area (Å²) < 4.78 is 18.5. The predicted octanol–water partition coefficient (Wildman–Crippen LogP) is 4.66. The van der Waals surface area contributed by atoms with Crippen LogP contribution in [0.1, 0.15) is 57.7 Å². The fourth-order valence-electron chi connectivity index (χ4n) is 5.09. The maximum absolute atomic E-state index is 6.11. The first-order chi connectivity index (χ1) is 17.9. The van der Waals surface area contributed by atoms with Crippen molar-refractivity contribution in [2.75, 3.05) is 40.5 Å². The van der Waals surface area contributed by atoms with Gasteiger partial charge < -0.3 is 35.7 Å². The Morgan fingerprint density at radius 2 is 1.21 bits per heavy atom. The van der Waals surface area contributed by atoms with Crippen LogP contribution in [0, 0.1) is 5.41 Å². The first-order valence-electron chi connectivity index (χ1n) is 13.8. The van der Waals surface area contributed by atoms with E-state index in [1.807, 2.05) is 30.3 Å². The second kappa shape index (κ2) is 14.9. The number of ether oxygens (including phenoxy) is 3. The van der Waals surface area contributed by atoms with Crippen molar-refractivity contribution in [3.8, 4) is 11.5 Å². The Kier molecular flexibility index (Phi) is 12.5. The van der Waals surface area contributed by atoms with E-state index < -0.39 is 0 Å². The van der Waals surface area contributed by atoms with Crippen molar-refractivity contribution in [1.82, 2.24) is 0 Å². The third-order valence-electron chi connectivity index (χ3n) is 6.72. The monoisotopic (exact) mass is 597 g/mol. The van der Waals surface area contributed by atoms with Gasteiger partial charge in [-0.15, -0.1) is 0 Å². The summed E-state index contributed by atoms with van der Waals surface area (Å²) in [5.74, 6) is 1.81. The number of hydrogen-bond donors (Lipinski definition) is 0. The molecule has 4 nitrogen and oxygen atoms in total. The summed E-state index contributed by atoms with van der Waals surface area (Å²) >= 11 is 0.